The molecule has 0 saturated carbocycles. The molecule has 0 aliphatic carbocycles. The molecule has 0 atom stereocenters. The third-order valence-electron chi connectivity index (χ3n) is 3.08. The zero-order valence-corrected chi connectivity index (χ0v) is 12.9. The van der Waals surface area contributed by atoms with E-state index in [-0.39, 0.29) is 17.5 Å². The van der Waals surface area contributed by atoms with Crippen LogP contribution in [-0.4, -0.2) is 37.7 Å². The molecule has 4 nitrogen and oxygen atoms in total. The Balaban J connectivity index is 2.19. The Morgan fingerprint density at radius 1 is 1.38 bits per heavy atom. The Labute approximate surface area is 128 Å². The van der Waals surface area contributed by atoms with Crippen LogP contribution in [-0.2, 0) is 10.0 Å². The molecule has 2 rings (SSSR count). The summed E-state index contributed by atoms with van der Waals surface area (Å²) in [6.07, 6.45) is 1.51. The first-order chi connectivity index (χ1) is 10.0. The highest BCUT2D eigenvalue weighted by Crippen LogP contribution is 2.21. The van der Waals surface area contributed by atoms with Gasteiger partial charge in [0, 0.05) is 11.6 Å². The maximum atomic E-state index is 14.0. The molecule has 1 aromatic rings. The molecule has 0 amide bonds. The molecule has 1 heterocycles. The first kappa shape index (κ1) is 16.3. The number of hydrogen-bond donors (Lipinski definition) is 2. The summed E-state index contributed by atoms with van der Waals surface area (Å²) < 4.78 is 41.0. The third-order valence-corrected chi connectivity index (χ3v) is 5.68. The molecule has 1 aliphatic rings. The summed E-state index contributed by atoms with van der Waals surface area (Å²) in [6.45, 7) is -0.330. The number of halogens is 1. The van der Waals surface area contributed by atoms with Crippen molar-refractivity contribution in [1.82, 2.24) is 4.72 Å². The smallest absolute Gasteiger partial charge is 0.243 e. The highest BCUT2D eigenvalue weighted by molar-refractivity contribution is 7.99. The molecule has 1 fully saturated rings. The van der Waals surface area contributed by atoms with Crippen molar-refractivity contribution in [2.24, 2.45) is 0 Å². The van der Waals surface area contributed by atoms with E-state index in [1.165, 1.54) is 12.1 Å². The summed E-state index contributed by atoms with van der Waals surface area (Å²) >= 11 is 1.79. The van der Waals surface area contributed by atoms with Gasteiger partial charge in [-0.25, -0.2) is 17.5 Å². The molecule has 1 aromatic carbocycles. The third kappa shape index (κ3) is 4.45. The average molecular weight is 329 g/mol. The van der Waals surface area contributed by atoms with E-state index in [1.807, 2.05) is 0 Å². The molecular formula is C14H16FNO3S2. The lowest BCUT2D eigenvalue weighted by atomic mass is 10.2. The molecule has 2 N–H and O–H groups in total. The lowest BCUT2D eigenvalue weighted by molar-refractivity contribution is 0.350. The van der Waals surface area contributed by atoms with Crippen LogP contribution >= 0.6 is 11.8 Å². The van der Waals surface area contributed by atoms with Gasteiger partial charge in [-0.1, -0.05) is 11.8 Å². The maximum absolute atomic E-state index is 14.0. The number of nitrogens with one attached hydrogen (secondary N) is 1. The molecule has 21 heavy (non-hydrogen) atoms. The van der Waals surface area contributed by atoms with Gasteiger partial charge in [0.25, 0.3) is 0 Å². The summed E-state index contributed by atoms with van der Waals surface area (Å²) in [5, 5.41) is 8.59. The van der Waals surface area contributed by atoms with Crippen molar-refractivity contribution in [2.75, 3.05) is 18.1 Å². The van der Waals surface area contributed by atoms with Crippen molar-refractivity contribution in [1.29, 1.82) is 0 Å². The number of hydrogen-bond acceptors (Lipinski definition) is 4. The highest BCUT2D eigenvalue weighted by Gasteiger charge is 2.24. The lowest BCUT2D eigenvalue weighted by Gasteiger charge is -2.22. The van der Waals surface area contributed by atoms with Gasteiger partial charge < -0.3 is 5.11 Å². The number of aliphatic hydroxyl groups is 1. The molecule has 0 spiro atoms. The number of aliphatic hydroxyl groups excluding tert-OH is 1. The van der Waals surface area contributed by atoms with Crippen LogP contribution < -0.4 is 4.72 Å². The monoisotopic (exact) mass is 329 g/mol. The van der Waals surface area contributed by atoms with Crippen molar-refractivity contribution in [3.8, 4) is 11.8 Å². The minimum absolute atomic E-state index is 0.135. The first-order valence-electron chi connectivity index (χ1n) is 6.52. The Hall–Kier alpha value is -1.07. The topological polar surface area (TPSA) is 66.4 Å². The molecule has 1 aliphatic heterocycles. The SMILES string of the molecule is O=S(=O)(NC1CCSCC1)c1ccc(C#CCO)cc1F. The summed E-state index contributed by atoms with van der Waals surface area (Å²) in [5.41, 5.74) is 0.328. The Morgan fingerprint density at radius 2 is 2.10 bits per heavy atom. The van der Waals surface area contributed by atoms with E-state index in [1.54, 1.807) is 11.8 Å². The summed E-state index contributed by atoms with van der Waals surface area (Å²) in [6, 6.07) is 3.56. The van der Waals surface area contributed by atoms with E-state index in [9.17, 15) is 12.8 Å². The van der Waals surface area contributed by atoms with Crippen LogP contribution in [0.3, 0.4) is 0 Å². The van der Waals surface area contributed by atoms with Gasteiger partial charge in [0.2, 0.25) is 10.0 Å². The second-order valence-electron chi connectivity index (χ2n) is 4.61. The van der Waals surface area contributed by atoms with Crippen LogP contribution in [0.4, 0.5) is 4.39 Å². The van der Waals surface area contributed by atoms with Gasteiger partial charge in [-0.15, -0.1) is 0 Å². The van der Waals surface area contributed by atoms with Crippen molar-refractivity contribution in [3.63, 3.8) is 0 Å². The van der Waals surface area contributed by atoms with Crippen LogP contribution in [0.2, 0.25) is 0 Å². The summed E-state index contributed by atoms with van der Waals surface area (Å²) in [4.78, 5) is -0.365. The Kier molecular flexibility index (Phi) is 5.65. The second-order valence-corrected chi connectivity index (χ2v) is 7.52. The van der Waals surface area contributed by atoms with Gasteiger partial charge >= 0.3 is 0 Å². The Bertz CT molecular complexity index is 659. The predicted octanol–water partition coefficient (Wildman–Crippen LogP) is 1.34. The molecule has 0 unspecified atom stereocenters. The quantitative estimate of drug-likeness (QED) is 0.822. The van der Waals surface area contributed by atoms with E-state index in [0.717, 1.165) is 30.4 Å². The van der Waals surface area contributed by atoms with Gasteiger partial charge in [0.15, 0.2) is 0 Å². The Morgan fingerprint density at radius 3 is 2.71 bits per heavy atom. The molecule has 0 aromatic heterocycles. The summed E-state index contributed by atoms with van der Waals surface area (Å²) in [5.74, 6) is 5.90. The molecule has 114 valence electrons. The number of sulfonamides is 1. The van der Waals surface area contributed by atoms with Gasteiger partial charge in [-0.05, 0) is 42.5 Å². The second kappa shape index (κ2) is 7.27. The zero-order valence-electron chi connectivity index (χ0n) is 11.3. The van der Waals surface area contributed by atoms with E-state index in [4.69, 9.17) is 5.11 Å². The largest absolute Gasteiger partial charge is 0.384 e. The average Bonchev–Trinajstić information content (AvgIpc) is 2.45. The zero-order chi connectivity index (χ0) is 15.3. The molecule has 1 saturated heterocycles. The fourth-order valence-electron chi connectivity index (χ4n) is 2.04. The number of rotatable bonds is 3. The lowest BCUT2D eigenvalue weighted by Crippen LogP contribution is -2.37. The van der Waals surface area contributed by atoms with E-state index in [0.29, 0.717) is 5.56 Å². The van der Waals surface area contributed by atoms with E-state index < -0.39 is 15.8 Å². The normalized spacial score (nSPS) is 16.3. The van der Waals surface area contributed by atoms with Crippen LogP contribution in [0, 0.1) is 17.7 Å². The molecule has 0 bridgehead atoms. The van der Waals surface area contributed by atoms with Crippen molar-refractivity contribution in [2.45, 2.75) is 23.8 Å². The fraction of sp³-hybridized carbons (Fsp3) is 0.429. The molecule has 0 radical (unpaired) electrons. The van der Waals surface area contributed by atoms with Gasteiger partial charge in [0.05, 0.1) is 0 Å². The van der Waals surface area contributed by atoms with Gasteiger partial charge in [0.1, 0.15) is 17.3 Å². The number of thioether (sulfide) groups is 1. The molecule has 7 heteroatoms. The summed E-state index contributed by atoms with van der Waals surface area (Å²) in [7, 11) is -3.86. The van der Waals surface area contributed by atoms with Crippen LogP contribution in [0.5, 0.6) is 0 Å². The molecular weight excluding hydrogens is 313 g/mol. The first-order valence-corrected chi connectivity index (χ1v) is 9.16. The van der Waals surface area contributed by atoms with Crippen LogP contribution in [0.1, 0.15) is 18.4 Å². The fourth-order valence-corrected chi connectivity index (χ4v) is 4.51. The maximum Gasteiger partial charge on any atom is 0.243 e. The van der Waals surface area contributed by atoms with Crippen LogP contribution in [0.25, 0.3) is 0 Å². The van der Waals surface area contributed by atoms with Crippen molar-refractivity contribution < 1.29 is 17.9 Å². The minimum Gasteiger partial charge on any atom is -0.384 e. The minimum atomic E-state index is -3.86. The van der Waals surface area contributed by atoms with E-state index >= 15 is 0 Å². The highest BCUT2D eigenvalue weighted by atomic mass is 32.2. The van der Waals surface area contributed by atoms with Crippen molar-refractivity contribution in [3.05, 3.63) is 29.6 Å². The van der Waals surface area contributed by atoms with Crippen LogP contribution in [0.15, 0.2) is 23.1 Å². The van der Waals surface area contributed by atoms with E-state index in [2.05, 4.69) is 16.6 Å². The number of benzene rings is 1. The van der Waals surface area contributed by atoms with Gasteiger partial charge in [-0.2, -0.15) is 11.8 Å². The predicted molar refractivity (Wildman–Crippen MR) is 81.0 cm³/mol. The van der Waals surface area contributed by atoms with Gasteiger partial charge in [-0.3, -0.25) is 0 Å². The standard InChI is InChI=1S/C14H16FNO3S2/c15-13-10-11(2-1-7-17)3-4-14(13)21(18,19)16-12-5-8-20-9-6-12/h3-4,10,12,16-17H,5-9H2. The van der Waals surface area contributed by atoms with Crippen molar-refractivity contribution >= 4 is 21.8 Å².